The Morgan fingerprint density at radius 2 is 2.15 bits per heavy atom. The molecule has 0 aliphatic heterocycles. The molecule has 0 heterocycles. The molecule has 6 heteroatoms. The summed E-state index contributed by atoms with van der Waals surface area (Å²) in [5, 5.41) is 11.8. The Balaban J connectivity index is 2.57. The van der Waals surface area contributed by atoms with Gasteiger partial charge >= 0.3 is 5.97 Å². The van der Waals surface area contributed by atoms with E-state index in [1.807, 2.05) is 0 Å². The van der Waals surface area contributed by atoms with Gasteiger partial charge in [-0.15, -0.1) is 0 Å². The molecule has 1 rings (SSSR count). The highest BCUT2D eigenvalue weighted by Crippen LogP contribution is 2.26. The molecule has 0 radical (unpaired) electrons. The molecule has 1 aromatic rings. The first-order chi connectivity index (χ1) is 9.43. The third-order valence-corrected chi connectivity index (χ3v) is 3.16. The molecule has 0 saturated heterocycles. The van der Waals surface area contributed by atoms with E-state index in [1.165, 1.54) is 7.11 Å². The molecule has 5 nitrogen and oxygen atoms in total. The quantitative estimate of drug-likeness (QED) is 0.808. The number of carboxylic acid groups (broad SMARTS) is 1. The summed E-state index contributed by atoms with van der Waals surface area (Å²) in [5.74, 6) is -0.649. The average molecular weight is 300 g/mol. The van der Waals surface area contributed by atoms with Crippen molar-refractivity contribution >= 4 is 23.5 Å². The van der Waals surface area contributed by atoms with E-state index < -0.39 is 5.97 Å². The third-order valence-electron chi connectivity index (χ3n) is 2.80. The number of carbonyl (C=O) groups is 2. The smallest absolute Gasteiger partial charge is 0.303 e. The van der Waals surface area contributed by atoms with Crippen molar-refractivity contribution in [2.24, 2.45) is 5.92 Å². The van der Waals surface area contributed by atoms with Crippen LogP contribution in [0.25, 0.3) is 0 Å². The Bertz CT molecular complexity index is 490. The molecule has 1 amide bonds. The number of nitrogens with one attached hydrogen (secondary N) is 1. The van der Waals surface area contributed by atoms with Crippen molar-refractivity contribution in [1.82, 2.24) is 5.32 Å². The maximum atomic E-state index is 11.9. The molecule has 1 unspecified atom stereocenters. The minimum absolute atomic E-state index is 0.0235. The van der Waals surface area contributed by atoms with E-state index in [4.69, 9.17) is 21.4 Å². The molecule has 0 aromatic heterocycles. The van der Waals surface area contributed by atoms with Crippen LogP contribution < -0.4 is 10.1 Å². The summed E-state index contributed by atoms with van der Waals surface area (Å²) in [7, 11) is 1.52. The Morgan fingerprint density at radius 3 is 2.75 bits per heavy atom. The summed E-state index contributed by atoms with van der Waals surface area (Å²) in [6, 6.07) is 5.18. The largest absolute Gasteiger partial charge is 0.496 e. The van der Waals surface area contributed by atoms with Gasteiger partial charge in [-0.2, -0.15) is 0 Å². The van der Waals surface area contributed by atoms with Gasteiger partial charge in [-0.25, -0.2) is 0 Å². The number of methoxy groups -OCH3 is 1. The van der Waals surface area contributed by atoms with E-state index in [0.717, 1.165) is 0 Å². The van der Waals surface area contributed by atoms with Gasteiger partial charge in [0.1, 0.15) is 5.75 Å². The van der Waals surface area contributed by atoms with Crippen molar-refractivity contribution in [3.05, 3.63) is 28.8 Å². The lowest BCUT2D eigenvalue weighted by molar-refractivity contribution is -0.138. The molecular formula is C14H18ClNO4. The average Bonchev–Trinajstić information content (AvgIpc) is 2.38. The van der Waals surface area contributed by atoms with E-state index in [2.05, 4.69) is 5.32 Å². The minimum Gasteiger partial charge on any atom is -0.496 e. The normalized spacial score (nSPS) is 11.8. The number of amides is 1. The van der Waals surface area contributed by atoms with Gasteiger partial charge < -0.3 is 15.2 Å². The summed E-state index contributed by atoms with van der Waals surface area (Å²) in [4.78, 5) is 22.4. The first-order valence-electron chi connectivity index (χ1n) is 6.24. The number of halogens is 1. The van der Waals surface area contributed by atoms with Crippen LogP contribution in [0.4, 0.5) is 0 Å². The molecule has 0 fully saturated rings. The van der Waals surface area contributed by atoms with E-state index in [-0.39, 0.29) is 24.7 Å². The van der Waals surface area contributed by atoms with E-state index in [9.17, 15) is 9.59 Å². The summed E-state index contributed by atoms with van der Waals surface area (Å²) in [6.07, 6.45) is 0.123. The van der Waals surface area contributed by atoms with Gasteiger partial charge in [0.05, 0.1) is 13.5 Å². The van der Waals surface area contributed by atoms with Crippen LogP contribution in [-0.2, 0) is 16.0 Å². The number of aliphatic carboxylic acids is 1. The highest BCUT2D eigenvalue weighted by atomic mass is 35.5. The second-order valence-electron chi connectivity index (χ2n) is 4.60. The number of carboxylic acids is 1. The van der Waals surface area contributed by atoms with Crippen molar-refractivity contribution in [2.45, 2.75) is 19.8 Å². The second kappa shape index (κ2) is 7.75. The first-order valence-corrected chi connectivity index (χ1v) is 6.61. The molecular weight excluding hydrogens is 282 g/mol. The SMILES string of the molecule is COc1cccc(Cl)c1CC(=O)NCC(C)CC(=O)O. The van der Waals surface area contributed by atoms with Crippen LogP contribution in [0.3, 0.4) is 0 Å². The lowest BCUT2D eigenvalue weighted by Gasteiger charge is -2.12. The molecule has 0 spiro atoms. The van der Waals surface area contributed by atoms with Crippen LogP contribution in [0.15, 0.2) is 18.2 Å². The monoisotopic (exact) mass is 299 g/mol. The molecule has 0 aliphatic carbocycles. The van der Waals surface area contributed by atoms with Crippen molar-refractivity contribution in [2.75, 3.05) is 13.7 Å². The molecule has 20 heavy (non-hydrogen) atoms. The van der Waals surface area contributed by atoms with Gasteiger partial charge in [-0.3, -0.25) is 9.59 Å². The molecule has 0 aliphatic rings. The number of ether oxygens (including phenoxy) is 1. The van der Waals surface area contributed by atoms with Crippen LogP contribution in [0.5, 0.6) is 5.75 Å². The van der Waals surface area contributed by atoms with Crippen LogP contribution in [0.2, 0.25) is 5.02 Å². The van der Waals surface area contributed by atoms with Gasteiger partial charge in [0, 0.05) is 23.6 Å². The number of rotatable bonds is 7. The Hall–Kier alpha value is -1.75. The fourth-order valence-corrected chi connectivity index (χ4v) is 2.02. The summed E-state index contributed by atoms with van der Waals surface area (Å²) in [5.41, 5.74) is 0.625. The van der Waals surface area contributed by atoms with Gasteiger partial charge in [-0.05, 0) is 18.1 Å². The second-order valence-corrected chi connectivity index (χ2v) is 5.01. The maximum Gasteiger partial charge on any atom is 0.303 e. The van der Waals surface area contributed by atoms with Crippen molar-refractivity contribution in [1.29, 1.82) is 0 Å². The number of carbonyl (C=O) groups excluding carboxylic acids is 1. The van der Waals surface area contributed by atoms with E-state index in [0.29, 0.717) is 22.9 Å². The van der Waals surface area contributed by atoms with Crippen molar-refractivity contribution in [3.63, 3.8) is 0 Å². The fourth-order valence-electron chi connectivity index (χ4n) is 1.78. The van der Waals surface area contributed by atoms with Gasteiger partial charge in [-0.1, -0.05) is 24.6 Å². The number of benzene rings is 1. The third kappa shape index (κ3) is 5.09. The molecule has 0 bridgehead atoms. The summed E-state index contributed by atoms with van der Waals surface area (Å²) < 4.78 is 5.16. The van der Waals surface area contributed by atoms with Crippen LogP contribution >= 0.6 is 11.6 Å². The van der Waals surface area contributed by atoms with E-state index >= 15 is 0 Å². The zero-order valence-corrected chi connectivity index (χ0v) is 12.2. The van der Waals surface area contributed by atoms with E-state index in [1.54, 1.807) is 25.1 Å². The number of hydrogen-bond donors (Lipinski definition) is 2. The molecule has 1 aromatic carbocycles. The summed E-state index contributed by atoms with van der Waals surface area (Å²) in [6.45, 7) is 2.09. The zero-order chi connectivity index (χ0) is 15.1. The lowest BCUT2D eigenvalue weighted by Crippen LogP contribution is -2.30. The fraction of sp³-hybridized carbons (Fsp3) is 0.429. The van der Waals surface area contributed by atoms with Crippen LogP contribution in [-0.4, -0.2) is 30.6 Å². The predicted octanol–water partition coefficient (Wildman–Crippen LogP) is 2.12. The lowest BCUT2D eigenvalue weighted by atomic mass is 10.1. The molecule has 0 saturated carbocycles. The van der Waals surface area contributed by atoms with Crippen molar-refractivity contribution in [3.8, 4) is 5.75 Å². The highest BCUT2D eigenvalue weighted by molar-refractivity contribution is 6.31. The predicted molar refractivity (Wildman–Crippen MR) is 76.1 cm³/mol. The Morgan fingerprint density at radius 1 is 1.45 bits per heavy atom. The Labute approximate surface area is 122 Å². The van der Waals surface area contributed by atoms with Gasteiger partial charge in [0.15, 0.2) is 0 Å². The first kappa shape index (κ1) is 16.3. The molecule has 110 valence electrons. The standard InChI is InChI=1S/C14H18ClNO4/c1-9(6-14(18)19)8-16-13(17)7-10-11(15)4-3-5-12(10)20-2/h3-5,9H,6-8H2,1-2H3,(H,16,17)(H,18,19). The maximum absolute atomic E-state index is 11.9. The summed E-state index contributed by atoms with van der Waals surface area (Å²) >= 11 is 6.05. The highest BCUT2D eigenvalue weighted by Gasteiger charge is 2.14. The van der Waals surface area contributed by atoms with Crippen molar-refractivity contribution < 1.29 is 19.4 Å². The number of hydrogen-bond acceptors (Lipinski definition) is 3. The molecule has 2 N–H and O–H groups in total. The van der Waals surface area contributed by atoms with Crippen LogP contribution in [0, 0.1) is 5.92 Å². The topological polar surface area (TPSA) is 75.6 Å². The van der Waals surface area contributed by atoms with Gasteiger partial charge in [0.25, 0.3) is 0 Å². The Kier molecular flexibility index (Phi) is 6.31. The zero-order valence-electron chi connectivity index (χ0n) is 11.5. The van der Waals surface area contributed by atoms with Gasteiger partial charge in [0.2, 0.25) is 5.91 Å². The minimum atomic E-state index is -0.875. The van der Waals surface area contributed by atoms with Crippen LogP contribution in [0.1, 0.15) is 18.9 Å². The molecule has 1 atom stereocenters.